The first-order valence-corrected chi connectivity index (χ1v) is 21.3. The Kier molecular flexibility index (Phi) is 18.2. The summed E-state index contributed by atoms with van der Waals surface area (Å²) in [5.74, 6) is -5.46. The molecule has 15 nitrogen and oxygen atoms in total. The summed E-state index contributed by atoms with van der Waals surface area (Å²) in [6.07, 6.45) is 1.76. The molecule has 0 aromatic heterocycles. The van der Waals surface area contributed by atoms with E-state index in [0.29, 0.717) is 25.8 Å². The Morgan fingerprint density at radius 2 is 1.45 bits per heavy atom. The molecule has 5 amide bonds. The summed E-state index contributed by atoms with van der Waals surface area (Å²) in [6, 6.07) is 12.7. The molecular formula is C45H64N6O9. The molecule has 0 spiro atoms. The van der Waals surface area contributed by atoms with Gasteiger partial charge in [-0.15, -0.1) is 0 Å². The second kappa shape index (κ2) is 23.0. The zero-order valence-corrected chi connectivity index (χ0v) is 35.9. The molecule has 2 aliphatic heterocycles. The summed E-state index contributed by atoms with van der Waals surface area (Å²) in [5, 5.41) is 20.0. The van der Waals surface area contributed by atoms with Gasteiger partial charge in [-0.1, -0.05) is 95.6 Å². The highest BCUT2D eigenvalue weighted by Crippen LogP contribution is 2.26. The maximum absolute atomic E-state index is 14.6. The van der Waals surface area contributed by atoms with Crippen LogP contribution in [0.4, 0.5) is 0 Å². The van der Waals surface area contributed by atoms with Crippen LogP contribution in [0, 0.1) is 11.8 Å². The summed E-state index contributed by atoms with van der Waals surface area (Å²) < 4.78 is 6.38. The van der Waals surface area contributed by atoms with E-state index in [2.05, 4.69) is 38.3 Å². The molecule has 4 rings (SSSR count). The summed E-state index contributed by atoms with van der Waals surface area (Å²) in [7, 11) is 0. The normalized spacial score (nSPS) is 18.5. The number of ketones is 1. The van der Waals surface area contributed by atoms with E-state index in [0.717, 1.165) is 18.5 Å². The number of hydrogen-bond donors (Lipinski definition) is 5. The van der Waals surface area contributed by atoms with Gasteiger partial charge < -0.3 is 36.0 Å². The first-order valence-electron chi connectivity index (χ1n) is 21.3. The Labute approximate surface area is 353 Å². The van der Waals surface area contributed by atoms with Crippen molar-refractivity contribution in [1.82, 2.24) is 31.1 Å². The number of Topliss-reactive ketones (excluding diaryl/α,β-unsaturated/α-hetero) is 1. The highest BCUT2D eigenvalue weighted by Gasteiger charge is 2.45. The molecule has 0 radical (unpaired) electrons. The van der Waals surface area contributed by atoms with Crippen LogP contribution < -0.4 is 21.3 Å². The summed E-state index contributed by atoms with van der Waals surface area (Å²) >= 11 is 0. The fourth-order valence-electron chi connectivity index (χ4n) is 7.64. The molecule has 2 aromatic carbocycles. The monoisotopic (exact) mass is 832 g/mol. The number of hydrogen-bond acceptors (Lipinski definition) is 9. The number of ether oxygens (including phenoxy) is 1. The van der Waals surface area contributed by atoms with Gasteiger partial charge in [-0.2, -0.15) is 0 Å². The van der Waals surface area contributed by atoms with E-state index >= 15 is 0 Å². The number of likely N-dealkylation sites (tertiary alicyclic amines) is 1. The third-order valence-corrected chi connectivity index (χ3v) is 11.2. The highest BCUT2D eigenvalue weighted by atomic mass is 16.5. The van der Waals surface area contributed by atoms with Crippen LogP contribution in [0.5, 0.6) is 0 Å². The van der Waals surface area contributed by atoms with Gasteiger partial charge in [0.1, 0.15) is 18.1 Å². The van der Waals surface area contributed by atoms with Crippen molar-refractivity contribution in [3.63, 3.8) is 0 Å². The van der Waals surface area contributed by atoms with Gasteiger partial charge in [-0.05, 0) is 61.1 Å². The van der Waals surface area contributed by atoms with Crippen molar-refractivity contribution in [2.24, 2.45) is 11.8 Å². The lowest BCUT2D eigenvalue weighted by atomic mass is 9.98. The van der Waals surface area contributed by atoms with Crippen molar-refractivity contribution < 1.29 is 43.4 Å². The van der Waals surface area contributed by atoms with E-state index in [1.54, 1.807) is 34.6 Å². The van der Waals surface area contributed by atoms with Gasteiger partial charge in [0.05, 0.1) is 24.9 Å². The van der Waals surface area contributed by atoms with Crippen molar-refractivity contribution in [2.45, 2.75) is 136 Å². The fraction of sp³-hybridized carbons (Fsp3) is 0.578. The lowest BCUT2D eigenvalue weighted by Crippen LogP contribution is -2.59. The Balaban J connectivity index is 1.51. The molecule has 15 heteroatoms. The minimum atomic E-state index is -1.14. The van der Waals surface area contributed by atoms with E-state index in [4.69, 9.17) is 9.84 Å². The Hall–Kier alpha value is -5.15. The Bertz CT molecular complexity index is 1800. The number of benzene rings is 2. The number of carbonyl (C=O) groups excluding carboxylic acids is 6. The molecule has 3 unspecified atom stereocenters. The van der Waals surface area contributed by atoms with Crippen LogP contribution in [0.15, 0.2) is 54.6 Å². The van der Waals surface area contributed by atoms with Gasteiger partial charge in [-0.3, -0.25) is 38.5 Å². The van der Waals surface area contributed by atoms with Gasteiger partial charge in [0, 0.05) is 38.9 Å². The third-order valence-electron chi connectivity index (χ3n) is 11.2. The maximum Gasteiger partial charge on any atom is 0.303 e. The van der Waals surface area contributed by atoms with Gasteiger partial charge in [-0.25, -0.2) is 0 Å². The number of fused-ring (bicyclic) bond motifs is 1. The number of aliphatic carboxylic acids is 1. The second-order valence-electron chi connectivity index (χ2n) is 16.7. The second-order valence-corrected chi connectivity index (χ2v) is 16.7. The summed E-state index contributed by atoms with van der Waals surface area (Å²) in [5.41, 5.74) is 3.32. The Morgan fingerprint density at radius 1 is 0.800 bits per heavy atom. The number of nitrogens with one attached hydrogen (secondary N) is 4. The van der Waals surface area contributed by atoms with E-state index in [-0.39, 0.29) is 44.9 Å². The molecule has 0 bridgehead atoms. The minimum absolute atomic E-state index is 0.0431. The minimum Gasteiger partial charge on any atom is -0.481 e. The van der Waals surface area contributed by atoms with Crippen molar-refractivity contribution in [3.8, 4) is 0 Å². The predicted molar refractivity (Wildman–Crippen MR) is 225 cm³/mol. The SMILES string of the molecule is CCCC(NC(=O)C1CC(OCN2CCc3ccccc3C2)CN1C(=O)[C@@H](NC(=O)[C@@H](NC(=O)CCCCC(=O)O)C(C)C)C(C)C)C(=O)C(=O)N[C@@H](C)c1ccccc1. The van der Waals surface area contributed by atoms with Gasteiger partial charge in [0.2, 0.25) is 29.4 Å². The third kappa shape index (κ3) is 13.7. The maximum atomic E-state index is 14.6. The van der Waals surface area contributed by atoms with E-state index in [9.17, 15) is 33.6 Å². The standard InChI is InChI=1S/C45H64N6O9/c1-7-15-35(41(55)44(58)46-30(6)31-16-9-8-10-17-31)47-42(56)36-24-34(60-27-50-23-22-32-18-11-12-19-33(32)25-50)26-51(36)45(59)40(29(4)5)49-43(57)39(28(2)3)48-37(52)20-13-14-21-38(53)54/h8-12,16-19,28-30,34-36,39-40H,7,13-15,20-27H2,1-6H3,(H,46,58)(H,47,56)(H,48,52)(H,49,57)(H,53,54)/t30-,34?,35?,36?,39-,40-/m0/s1. The summed E-state index contributed by atoms with van der Waals surface area (Å²) in [4.78, 5) is 96.6. The molecule has 2 aliphatic rings. The number of carboxylic acid groups (broad SMARTS) is 1. The molecule has 0 aliphatic carbocycles. The average molecular weight is 833 g/mol. The van der Waals surface area contributed by atoms with Crippen LogP contribution >= 0.6 is 0 Å². The van der Waals surface area contributed by atoms with Crippen LogP contribution in [0.1, 0.15) is 109 Å². The van der Waals surface area contributed by atoms with Gasteiger partial charge in [0.15, 0.2) is 0 Å². The van der Waals surface area contributed by atoms with Crippen LogP contribution in [-0.2, 0) is 51.3 Å². The van der Waals surface area contributed by atoms with Crippen molar-refractivity contribution in [3.05, 3.63) is 71.3 Å². The summed E-state index contributed by atoms with van der Waals surface area (Å²) in [6.45, 7) is 12.5. The van der Waals surface area contributed by atoms with Crippen molar-refractivity contribution in [1.29, 1.82) is 0 Å². The predicted octanol–water partition coefficient (Wildman–Crippen LogP) is 3.65. The average Bonchev–Trinajstić information content (AvgIpc) is 3.66. The van der Waals surface area contributed by atoms with E-state index in [1.807, 2.05) is 49.4 Å². The van der Waals surface area contributed by atoms with Crippen LogP contribution in [0.25, 0.3) is 0 Å². The molecule has 2 heterocycles. The number of rotatable bonds is 22. The number of amides is 5. The molecular weight excluding hydrogens is 769 g/mol. The molecule has 1 fully saturated rings. The van der Waals surface area contributed by atoms with E-state index < -0.39 is 83.5 Å². The number of carbonyl (C=O) groups is 7. The largest absolute Gasteiger partial charge is 0.481 e. The van der Waals surface area contributed by atoms with E-state index in [1.165, 1.54) is 16.0 Å². The van der Waals surface area contributed by atoms with Gasteiger partial charge >= 0.3 is 5.97 Å². The smallest absolute Gasteiger partial charge is 0.303 e. The highest BCUT2D eigenvalue weighted by molar-refractivity contribution is 6.38. The molecule has 328 valence electrons. The molecule has 1 saturated heterocycles. The zero-order valence-electron chi connectivity index (χ0n) is 35.9. The molecule has 60 heavy (non-hydrogen) atoms. The number of nitrogens with zero attached hydrogens (tertiary/aromatic N) is 2. The molecule has 5 N–H and O–H groups in total. The first-order chi connectivity index (χ1) is 28.6. The first kappa shape index (κ1) is 47.5. The van der Waals surface area contributed by atoms with Crippen LogP contribution in [0.3, 0.4) is 0 Å². The zero-order chi connectivity index (χ0) is 43.9. The lowest BCUT2D eigenvalue weighted by Gasteiger charge is -2.32. The van der Waals surface area contributed by atoms with Crippen LogP contribution in [0.2, 0.25) is 0 Å². The van der Waals surface area contributed by atoms with Crippen molar-refractivity contribution >= 4 is 41.3 Å². The quantitative estimate of drug-likeness (QED) is 0.0861. The number of unbranched alkanes of at least 4 members (excludes halogenated alkanes) is 1. The molecule has 2 aromatic rings. The topological polar surface area (TPSA) is 204 Å². The van der Waals surface area contributed by atoms with Crippen molar-refractivity contribution in [2.75, 3.05) is 19.8 Å². The fourth-order valence-corrected chi connectivity index (χ4v) is 7.64. The van der Waals surface area contributed by atoms with Crippen LogP contribution in [-0.4, -0.2) is 106 Å². The molecule has 0 saturated carbocycles. The number of carboxylic acids is 1. The lowest BCUT2D eigenvalue weighted by molar-refractivity contribution is -0.144. The molecule has 6 atom stereocenters. The Morgan fingerprint density at radius 3 is 2.10 bits per heavy atom. The van der Waals surface area contributed by atoms with Gasteiger partial charge in [0.25, 0.3) is 5.91 Å².